The zero-order valence-electron chi connectivity index (χ0n) is 11.8. The number of carbonyl (C=O) groups excluding carboxylic acids is 1. The standard InChI is InChI=1S/C13H17NO5S2/c1-8-7-9(2)19-13(18)11(8)12(17)14-4-6-21-20-5-3-10(15)16/h7H,3-6H2,1-2H3,(H,14,17)(H,15,16). The quantitative estimate of drug-likeness (QED) is 0.554. The predicted octanol–water partition coefficient (Wildman–Crippen LogP) is 1.84. The summed E-state index contributed by atoms with van der Waals surface area (Å²) in [5.74, 6) is 0.357. The van der Waals surface area contributed by atoms with E-state index in [2.05, 4.69) is 5.32 Å². The van der Waals surface area contributed by atoms with E-state index in [1.54, 1.807) is 19.9 Å². The average molecular weight is 331 g/mol. The highest BCUT2D eigenvalue weighted by Crippen LogP contribution is 2.20. The van der Waals surface area contributed by atoms with Crippen LogP contribution >= 0.6 is 21.6 Å². The molecule has 0 atom stereocenters. The van der Waals surface area contributed by atoms with Gasteiger partial charge in [0.05, 0.1) is 6.42 Å². The molecule has 0 aliphatic rings. The molecular formula is C13H17NO5S2. The second-order valence-corrected chi connectivity index (χ2v) is 6.95. The van der Waals surface area contributed by atoms with Crippen molar-refractivity contribution in [2.45, 2.75) is 20.3 Å². The number of aliphatic carboxylic acids is 1. The molecule has 0 aliphatic carbocycles. The van der Waals surface area contributed by atoms with Crippen LogP contribution < -0.4 is 10.9 Å². The van der Waals surface area contributed by atoms with Crippen LogP contribution in [0.1, 0.15) is 28.1 Å². The number of nitrogens with one attached hydrogen (secondary N) is 1. The lowest BCUT2D eigenvalue weighted by atomic mass is 10.1. The number of carboxylic acids is 1. The molecule has 116 valence electrons. The fourth-order valence-corrected chi connectivity index (χ4v) is 3.46. The van der Waals surface area contributed by atoms with Crippen molar-refractivity contribution >= 4 is 33.5 Å². The monoisotopic (exact) mass is 331 g/mol. The molecular weight excluding hydrogens is 314 g/mol. The Labute approximate surface area is 130 Å². The summed E-state index contributed by atoms with van der Waals surface area (Å²) in [6.45, 7) is 3.74. The number of aryl methyl sites for hydroxylation is 2. The van der Waals surface area contributed by atoms with E-state index in [0.717, 1.165) is 0 Å². The van der Waals surface area contributed by atoms with Crippen molar-refractivity contribution in [3.05, 3.63) is 33.4 Å². The molecule has 0 bridgehead atoms. The fourth-order valence-electron chi connectivity index (χ4n) is 1.58. The molecule has 0 aromatic carbocycles. The fraction of sp³-hybridized carbons (Fsp3) is 0.462. The number of hydrogen-bond donors (Lipinski definition) is 2. The highest BCUT2D eigenvalue weighted by Gasteiger charge is 2.15. The van der Waals surface area contributed by atoms with Gasteiger partial charge in [-0.1, -0.05) is 21.6 Å². The maximum atomic E-state index is 11.9. The SMILES string of the molecule is Cc1cc(C)c(C(=O)NCCSSCCC(=O)O)c(=O)o1. The third-order valence-corrected chi connectivity index (χ3v) is 4.86. The molecule has 0 unspecified atom stereocenters. The van der Waals surface area contributed by atoms with Crippen LogP contribution in [0.2, 0.25) is 0 Å². The molecule has 2 N–H and O–H groups in total. The first-order valence-corrected chi connectivity index (χ1v) is 8.76. The third-order valence-electron chi connectivity index (χ3n) is 2.45. The van der Waals surface area contributed by atoms with Gasteiger partial charge in [0.1, 0.15) is 11.3 Å². The molecule has 0 fully saturated rings. The highest BCUT2D eigenvalue weighted by atomic mass is 33.1. The van der Waals surface area contributed by atoms with Crippen molar-refractivity contribution in [3.63, 3.8) is 0 Å². The first-order chi connectivity index (χ1) is 9.91. The summed E-state index contributed by atoms with van der Waals surface area (Å²) in [7, 11) is 2.92. The van der Waals surface area contributed by atoms with Crippen molar-refractivity contribution in [1.29, 1.82) is 0 Å². The molecule has 0 radical (unpaired) electrons. The molecule has 1 aromatic heterocycles. The topological polar surface area (TPSA) is 96.6 Å². The predicted molar refractivity (Wildman–Crippen MR) is 84.0 cm³/mol. The van der Waals surface area contributed by atoms with Crippen molar-refractivity contribution in [3.8, 4) is 0 Å². The van der Waals surface area contributed by atoms with Crippen LogP contribution in [-0.4, -0.2) is 35.0 Å². The van der Waals surface area contributed by atoms with E-state index in [1.165, 1.54) is 21.6 Å². The van der Waals surface area contributed by atoms with Crippen LogP contribution in [0.4, 0.5) is 0 Å². The van der Waals surface area contributed by atoms with Gasteiger partial charge >= 0.3 is 11.6 Å². The van der Waals surface area contributed by atoms with Gasteiger partial charge in [0, 0.05) is 18.1 Å². The van der Waals surface area contributed by atoms with E-state index in [-0.39, 0.29) is 12.0 Å². The number of carbonyl (C=O) groups is 2. The van der Waals surface area contributed by atoms with Crippen LogP contribution in [0.25, 0.3) is 0 Å². The zero-order valence-corrected chi connectivity index (χ0v) is 13.4. The van der Waals surface area contributed by atoms with E-state index in [0.29, 0.717) is 29.4 Å². The summed E-state index contributed by atoms with van der Waals surface area (Å²) in [4.78, 5) is 33.9. The van der Waals surface area contributed by atoms with E-state index < -0.39 is 17.5 Å². The van der Waals surface area contributed by atoms with Crippen LogP contribution in [0.15, 0.2) is 15.3 Å². The van der Waals surface area contributed by atoms with Crippen LogP contribution in [-0.2, 0) is 4.79 Å². The van der Waals surface area contributed by atoms with Gasteiger partial charge in [-0.2, -0.15) is 0 Å². The number of amides is 1. The Bertz CT molecular complexity index is 570. The van der Waals surface area contributed by atoms with Gasteiger partial charge in [-0.25, -0.2) is 4.79 Å². The molecule has 0 spiro atoms. The smallest absolute Gasteiger partial charge is 0.349 e. The number of carboxylic acid groups (broad SMARTS) is 1. The maximum Gasteiger partial charge on any atom is 0.349 e. The summed E-state index contributed by atoms with van der Waals surface area (Å²) in [6, 6.07) is 1.65. The van der Waals surface area contributed by atoms with Gasteiger partial charge < -0.3 is 14.8 Å². The second kappa shape index (κ2) is 8.78. The van der Waals surface area contributed by atoms with E-state index in [1.807, 2.05) is 0 Å². The van der Waals surface area contributed by atoms with Gasteiger partial charge in [-0.3, -0.25) is 9.59 Å². The molecule has 0 aliphatic heterocycles. The summed E-state index contributed by atoms with van der Waals surface area (Å²) in [5, 5.41) is 11.1. The van der Waals surface area contributed by atoms with Crippen LogP contribution in [0.3, 0.4) is 0 Å². The molecule has 0 saturated carbocycles. The summed E-state index contributed by atoms with van der Waals surface area (Å²) < 4.78 is 4.91. The normalized spacial score (nSPS) is 10.4. The Hall–Kier alpha value is -1.41. The Morgan fingerprint density at radius 2 is 1.95 bits per heavy atom. The lowest BCUT2D eigenvalue weighted by molar-refractivity contribution is -0.136. The highest BCUT2D eigenvalue weighted by molar-refractivity contribution is 8.76. The Kier molecular flexibility index (Phi) is 7.38. The largest absolute Gasteiger partial charge is 0.481 e. The van der Waals surface area contributed by atoms with Gasteiger partial charge in [0.25, 0.3) is 5.91 Å². The first kappa shape index (κ1) is 17.6. The number of hydrogen-bond acceptors (Lipinski definition) is 6. The minimum absolute atomic E-state index is 0.0316. The zero-order chi connectivity index (χ0) is 15.8. The molecule has 21 heavy (non-hydrogen) atoms. The lowest BCUT2D eigenvalue weighted by Gasteiger charge is -2.06. The Balaban J connectivity index is 2.35. The number of rotatable bonds is 8. The van der Waals surface area contributed by atoms with Gasteiger partial charge in [-0.05, 0) is 25.5 Å². The molecule has 1 aromatic rings. The molecule has 0 saturated heterocycles. The molecule has 1 amide bonds. The second-order valence-electron chi connectivity index (χ2n) is 4.25. The first-order valence-electron chi connectivity index (χ1n) is 6.27. The summed E-state index contributed by atoms with van der Waals surface area (Å²) in [5.41, 5.74) is -0.0117. The molecule has 6 nitrogen and oxygen atoms in total. The van der Waals surface area contributed by atoms with Gasteiger partial charge in [-0.15, -0.1) is 0 Å². The average Bonchev–Trinajstić information content (AvgIpc) is 2.35. The van der Waals surface area contributed by atoms with E-state index in [4.69, 9.17) is 9.52 Å². The van der Waals surface area contributed by atoms with Crippen molar-refractivity contribution in [2.75, 3.05) is 18.1 Å². The van der Waals surface area contributed by atoms with Gasteiger partial charge in [0.15, 0.2) is 0 Å². The molecule has 1 rings (SSSR count). The minimum atomic E-state index is -0.821. The summed E-state index contributed by atoms with van der Waals surface area (Å²) >= 11 is 0. The van der Waals surface area contributed by atoms with Crippen molar-refractivity contribution < 1.29 is 19.1 Å². The van der Waals surface area contributed by atoms with E-state index in [9.17, 15) is 14.4 Å². The van der Waals surface area contributed by atoms with Crippen molar-refractivity contribution in [1.82, 2.24) is 5.32 Å². The van der Waals surface area contributed by atoms with Crippen LogP contribution in [0, 0.1) is 13.8 Å². The van der Waals surface area contributed by atoms with Gasteiger partial charge in [0.2, 0.25) is 0 Å². The third kappa shape index (κ3) is 6.26. The maximum absolute atomic E-state index is 11.9. The lowest BCUT2D eigenvalue weighted by Crippen LogP contribution is -2.31. The van der Waals surface area contributed by atoms with Crippen molar-refractivity contribution in [2.24, 2.45) is 0 Å². The molecule has 8 heteroatoms. The Morgan fingerprint density at radius 1 is 1.29 bits per heavy atom. The minimum Gasteiger partial charge on any atom is -0.481 e. The summed E-state index contributed by atoms with van der Waals surface area (Å²) in [6.07, 6.45) is 0.119. The van der Waals surface area contributed by atoms with E-state index >= 15 is 0 Å². The van der Waals surface area contributed by atoms with Crippen LogP contribution in [0.5, 0.6) is 0 Å². The Morgan fingerprint density at radius 3 is 2.57 bits per heavy atom. The molecule has 1 heterocycles.